The molecule has 0 bridgehead atoms. The Balaban J connectivity index is 1.63. The summed E-state index contributed by atoms with van der Waals surface area (Å²) in [6.07, 6.45) is 2.75. The Morgan fingerprint density at radius 3 is 2.79 bits per heavy atom. The van der Waals surface area contributed by atoms with E-state index in [0.29, 0.717) is 25.9 Å². The molecule has 29 heavy (non-hydrogen) atoms. The number of rotatable bonds is 4. The van der Waals surface area contributed by atoms with Gasteiger partial charge in [0.1, 0.15) is 5.82 Å². The van der Waals surface area contributed by atoms with Crippen LogP contribution in [0.5, 0.6) is 0 Å². The predicted octanol–water partition coefficient (Wildman–Crippen LogP) is 4.93. The van der Waals surface area contributed by atoms with Gasteiger partial charge in [-0.3, -0.25) is 4.79 Å². The number of nitrogens with zero attached hydrogens (tertiary/aromatic N) is 1. The van der Waals surface area contributed by atoms with E-state index >= 15 is 0 Å². The molecule has 2 aliphatic rings. The van der Waals surface area contributed by atoms with E-state index in [1.165, 1.54) is 11.8 Å². The molecular formula is C23H26FNO3S. The van der Waals surface area contributed by atoms with E-state index in [1.54, 1.807) is 24.1 Å². The molecule has 2 aliphatic heterocycles. The molecule has 4 rings (SSSR count). The number of amides is 1. The number of anilines is 1. The van der Waals surface area contributed by atoms with Gasteiger partial charge >= 0.3 is 0 Å². The van der Waals surface area contributed by atoms with Crippen LogP contribution in [-0.4, -0.2) is 32.8 Å². The first-order valence-electron chi connectivity index (χ1n) is 9.95. The molecule has 1 fully saturated rings. The molecule has 6 heteroatoms. The Morgan fingerprint density at radius 1 is 1.21 bits per heavy atom. The van der Waals surface area contributed by atoms with Crippen molar-refractivity contribution in [3.63, 3.8) is 0 Å². The summed E-state index contributed by atoms with van der Waals surface area (Å²) in [5.41, 5.74) is 2.45. The number of aryl methyl sites for hydroxylation is 1. The van der Waals surface area contributed by atoms with Crippen molar-refractivity contribution in [3.05, 3.63) is 53.3 Å². The summed E-state index contributed by atoms with van der Waals surface area (Å²) in [6, 6.07) is 11.3. The summed E-state index contributed by atoms with van der Waals surface area (Å²) in [6.45, 7) is 2.63. The number of carbonyl (C=O) groups excluding carboxylic acids is 1. The molecule has 2 aromatic carbocycles. The van der Waals surface area contributed by atoms with Crippen molar-refractivity contribution in [3.8, 4) is 0 Å². The molecular weight excluding hydrogens is 389 g/mol. The number of fused-ring (bicyclic) bond motifs is 1. The summed E-state index contributed by atoms with van der Waals surface area (Å²) in [4.78, 5) is 15.5. The maximum Gasteiger partial charge on any atom is 0.227 e. The molecule has 1 saturated heterocycles. The molecule has 0 spiro atoms. The number of halogens is 1. The highest BCUT2D eigenvalue weighted by Gasteiger charge is 2.38. The van der Waals surface area contributed by atoms with Crippen LogP contribution in [0.25, 0.3) is 0 Å². The van der Waals surface area contributed by atoms with Crippen LogP contribution in [0.1, 0.15) is 37.3 Å². The van der Waals surface area contributed by atoms with Crippen molar-refractivity contribution in [2.45, 2.75) is 54.1 Å². The fourth-order valence-corrected chi connectivity index (χ4v) is 5.30. The number of methoxy groups -OCH3 is 1. The Hall–Kier alpha value is -1.89. The van der Waals surface area contributed by atoms with Gasteiger partial charge in [-0.25, -0.2) is 4.39 Å². The molecule has 0 radical (unpaired) electrons. The fraction of sp³-hybridized carbons (Fsp3) is 0.435. The first-order chi connectivity index (χ1) is 13.9. The molecule has 2 atom stereocenters. The average Bonchev–Trinajstić information content (AvgIpc) is 2.70. The third-order valence-corrected chi connectivity index (χ3v) is 6.90. The number of hydrogen-bond donors (Lipinski definition) is 0. The highest BCUT2D eigenvalue weighted by Crippen LogP contribution is 2.41. The number of ether oxygens (including phenoxy) is 2. The summed E-state index contributed by atoms with van der Waals surface area (Å²) < 4.78 is 26.1. The van der Waals surface area contributed by atoms with Crippen molar-refractivity contribution >= 4 is 23.4 Å². The largest absolute Gasteiger partial charge is 0.378 e. The molecule has 0 N–H and O–H groups in total. The Kier molecular flexibility index (Phi) is 5.69. The van der Waals surface area contributed by atoms with E-state index in [0.717, 1.165) is 33.0 Å². The van der Waals surface area contributed by atoms with E-state index < -0.39 is 5.60 Å². The number of benzene rings is 2. The Bertz CT molecular complexity index is 934. The van der Waals surface area contributed by atoms with Crippen LogP contribution in [0.3, 0.4) is 0 Å². The Morgan fingerprint density at radius 2 is 2.03 bits per heavy atom. The van der Waals surface area contributed by atoms with Gasteiger partial charge in [-0.2, -0.15) is 0 Å². The van der Waals surface area contributed by atoms with Crippen molar-refractivity contribution in [1.29, 1.82) is 0 Å². The monoisotopic (exact) mass is 415 g/mol. The Labute approximate surface area is 175 Å². The van der Waals surface area contributed by atoms with Crippen LogP contribution in [0, 0.1) is 5.82 Å². The van der Waals surface area contributed by atoms with Crippen LogP contribution < -0.4 is 4.90 Å². The molecule has 2 aromatic rings. The minimum absolute atomic E-state index is 0.0726. The van der Waals surface area contributed by atoms with Crippen molar-refractivity contribution < 1.29 is 18.7 Å². The van der Waals surface area contributed by atoms with E-state index in [4.69, 9.17) is 9.47 Å². The van der Waals surface area contributed by atoms with Gasteiger partial charge in [-0.15, -0.1) is 0 Å². The van der Waals surface area contributed by atoms with Crippen molar-refractivity contribution in [2.24, 2.45) is 0 Å². The average molecular weight is 416 g/mol. The maximum absolute atomic E-state index is 14.5. The fourth-order valence-electron chi connectivity index (χ4n) is 4.33. The van der Waals surface area contributed by atoms with Crippen LogP contribution in [0.2, 0.25) is 0 Å². The highest BCUT2D eigenvalue weighted by molar-refractivity contribution is 7.99. The second-order valence-electron chi connectivity index (χ2n) is 7.85. The lowest BCUT2D eigenvalue weighted by Crippen LogP contribution is -2.39. The van der Waals surface area contributed by atoms with Crippen molar-refractivity contribution in [2.75, 3.05) is 25.7 Å². The van der Waals surface area contributed by atoms with E-state index in [9.17, 15) is 9.18 Å². The molecule has 2 heterocycles. The van der Waals surface area contributed by atoms with Gasteiger partial charge in [-0.05, 0) is 60.9 Å². The van der Waals surface area contributed by atoms with Crippen LogP contribution in [0.4, 0.5) is 10.1 Å². The van der Waals surface area contributed by atoms with Crippen molar-refractivity contribution in [1.82, 2.24) is 0 Å². The lowest BCUT2D eigenvalue weighted by atomic mass is 9.83. The second kappa shape index (κ2) is 8.09. The third kappa shape index (κ3) is 4.06. The van der Waals surface area contributed by atoms with E-state index in [1.807, 2.05) is 32.2 Å². The molecule has 0 unspecified atom stereocenters. The van der Waals surface area contributed by atoms with Crippen LogP contribution in [-0.2, 0) is 26.3 Å². The predicted molar refractivity (Wildman–Crippen MR) is 112 cm³/mol. The van der Waals surface area contributed by atoms with Crippen LogP contribution in [0.15, 0.2) is 46.2 Å². The smallest absolute Gasteiger partial charge is 0.227 e. The van der Waals surface area contributed by atoms with E-state index in [2.05, 4.69) is 6.07 Å². The van der Waals surface area contributed by atoms with Gasteiger partial charge in [-0.1, -0.05) is 11.8 Å². The topological polar surface area (TPSA) is 38.8 Å². The normalized spacial score (nSPS) is 24.5. The number of hydrogen-bond acceptors (Lipinski definition) is 4. The molecule has 1 amide bonds. The molecule has 4 nitrogen and oxygen atoms in total. The molecule has 0 aromatic heterocycles. The first-order valence-corrected chi connectivity index (χ1v) is 10.8. The maximum atomic E-state index is 14.5. The summed E-state index contributed by atoms with van der Waals surface area (Å²) in [5.74, 6) is -0.118. The van der Waals surface area contributed by atoms with Gasteiger partial charge < -0.3 is 14.4 Å². The van der Waals surface area contributed by atoms with Gasteiger partial charge in [0.2, 0.25) is 5.91 Å². The second-order valence-corrected chi connectivity index (χ2v) is 9.00. The minimum atomic E-state index is -0.520. The first kappa shape index (κ1) is 20.4. The molecule has 0 aliphatic carbocycles. The lowest BCUT2D eigenvalue weighted by Gasteiger charge is -2.39. The number of carbonyl (C=O) groups is 1. The lowest BCUT2D eigenvalue weighted by molar-refractivity contribution is -0.122. The SMILES string of the molecule is CO[C@]1(c2cc(F)cc(Sc3ccc4c(c3)CCC(=O)N4C)c2)CCO[C@@H](C)C1. The van der Waals surface area contributed by atoms with Gasteiger partial charge in [0.15, 0.2) is 0 Å². The summed E-state index contributed by atoms with van der Waals surface area (Å²) >= 11 is 1.53. The molecule has 0 saturated carbocycles. The molecule has 154 valence electrons. The quantitative estimate of drug-likeness (QED) is 0.710. The summed E-state index contributed by atoms with van der Waals surface area (Å²) in [7, 11) is 3.50. The van der Waals surface area contributed by atoms with Gasteiger partial charge in [0.25, 0.3) is 0 Å². The highest BCUT2D eigenvalue weighted by atomic mass is 32.2. The zero-order chi connectivity index (χ0) is 20.6. The summed E-state index contributed by atoms with van der Waals surface area (Å²) in [5, 5.41) is 0. The van der Waals surface area contributed by atoms with Gasteiger partial charge in [0, 0.05) is 48.9 Å². The third-order valence-electron chi connectivity index (χ3n) is 5.94. The zero-order valence-corrected chi connectivity index (χ0v) is 17.9. The zero-order valence-electron chi connectivity index (χ0n) is 17.0. The van der Waals surface area contributed by atoms with E-state index in [-0.39, 0.29) is 17.8 Å². The van der Waals surface area contributed by atoms with Gasteiger partial charge in [0.05, 0.1) is 18.3 Å². The van der Waals surface area contributed by atoms with Crippen LogP contribution >= 0.6 is 11.8 Å². The standard InChI is InChI=1S/C23H26FNO3S/c1-15-14-23(27-3,8-9-28-15)17-11-18(24)13-20(12-17)29-19-5-6-21-16(10-19)4-7-22(26)25(21)2/h5-6,10-13,15H,4,7-9,14H2,1-3H3/t15-,23+/m0/s1. The minimum Gasteiger partial charge on any atom is -0.378 e.